The van der Waals surface area contributed by atoms with E-state index in [1.807, 2.05) is 6.92 Å². The van der Waals surface area contributed by atoms with Crippen molar-refractivity contribution >= 4 is 17.3 Å². The Balaban J connectivity index is 2.67. The predicted molar refractivity (Wildman–Crippen MR) is 71.6 cm³/mol. The Hall–Kier alpha value is -2.32. The Morgan fingerprint density at radius 2 is 2.05 bits per heavy atom. The van der Waals surface area contributed by atoms with Gasteiger partial charge in [-0.3, -0.25) is 10.1 Å². The van der Waals surface area contributed by atoms with Crippen molar-refractivity contribution in [2.24, 2.45) is 0 Å². The Morgan fingerprint density at radius 3 is 2.58 bits per heavy atom. The molecule has 0 aliphatic heterocycles. The molecular weight excluding hydrogens is 266 g/mol. The summed E-state index contributed by atoms with van der Waals surface area (Å²) in [5.41, 5.74) is 2.61. The Labute approximate surface area is 114 Å². The molecule has 1 heterocycles. The molecule has 0 spiro atoms. The SMILES string of the molecule is Cc1cc(C#N)c(C)n1-c1ccc(Cl)c([N+](=O)[O-])c1. The summed E-state index contributed by atoms with van der Waals surface area (Å²) in [5.74, 6) is 0. The summed E-state index contributed by atoms with van der Waals surface area (Å²) in [7, 11) is 0. The van der Waals surface area contributed by atoms with Crippen molar-refractivity contribution in [1.82, 2.24) is 4.57 Å². The van der Waals surface area contributed by atoms with Crippen LogP contribution >= 0.6 is 11.6 Å². The van der Waals surface area contributed by atoms with Gasteiger partial charge in [0.1, 0.15) is 11.1 Å². The number of benzene rings is 1. The van der Waals surface area contributed by atoms with Crippen LogP contribution in [0.15, 0.2) is 24.3 Å². The normalized spacial score (nSPS) is 10.2. The summed E-state index contributed by atoms with van der Waals surface area (Å²) >= 11 is 5.79. The van der Waals surface area contributed by atoms with E-state index >= 15 is 0 Å². The minimum Gasteiger partial charge on any atom is -0.317 e. The number of aromatic nitrogens is 1. The Bertz CT molecular complexity index is 713. The zero-order valence-corrected chi connectivity index (χ0v) is 11.1. The monoisotopic (exact) mass is 275 g/mol. The quantitative estimate of drug-likeness (QED) is 0.622. The second-order valence-electron chi connectivity index (χ2n) is 4.12. The fraction of sp³-hybridized carbons (Fsp3) is 0.154. The van der Waals surface area contributed by atoms with Crippen LogP contribution in [0.1, 0.15) is 17.0 Å². The fourth-order valence-electron chi connectivity index (χ4n) is 2.05. The second-order valence-corrected chi connectivity index (χ2v) is 4.53. The van der Waals surface area contributed by atoms with Crippen molar-refractivity contribution in [3.8, 4) is 11.8 Å². The van der Waals surface area contributed by atoms with E-state index in [1.54, 1.807) is 23.6 Å². The third kappa shape index (κ3) is 2.18. The van der Waals surface area contributed by atoms with Crippen LogP contribution in [0, 0.1) is 35.3 Å². The molecule has 0 aliphatic carbocycles. The maximum atomic E-state index is 10.9. The van der Waals surface area contributed by atoms with E-state index in [1.165, 1.54) is 12.1 Å². The van der Waals surface area contributed by atoms with Crippen LogP contribution < -0.4 is 0 Å². The largest absolute Gasteiger partial charge is 0.317 e. The molecule has 0 aliphatic rings. The first kappa shape index (κ1) is 13.1. The molecule has 2 rings (SSSR count). The van der Waals surface area contributed by atoms with Crippen molar-refractivity contribution in [2.75, 3.05) is 0 Å². The van der Waals surface area contributed by atoms with E-state index in [0.717, 1.165) is 11.4 Å². The molecule has 19 heavy (non-hydrogen) atoms. The van der Waals surface area contributed by atoms with Crippen LogP contribution in [-0.4, -0.2) is 9.49 Å². The third-order valence-electron chi connectivity index (χ3n) is 2.94. The molecule has 0 atom stereocenters. The number of rotatable bonds is 2. The minimum absolute atomic E-state index is 0.0942. The van der Waals surface area contributed by atoms with E-state index in [0.29, 0.717) is 11.3 Å². The summed E-state index contributed by atoms with van der Waals surface area (Å²) in [6.45, 7) is 3.64. The van der Waals surface area contributed by atoms with Gasteiger partial charge in [0.2, 0.25) is 0 Å². The van der Waals surface area contributed by atoms with Crippen LogP contribution in [0.4, 0.5) is 5.69 Å². The second kappa shape index (κ2) is 4.75. The number of nitro groups is 1. The van der Waals surface area contributed by atoms with Crippen LogP contribution in [-0.2, 0) is 0 Å². The molecule has 0 saturated heterocycles. The lowest BCUT2D eigenvalue weighted by atomic mass is 10.2. The van der Waals surface area contributed by atoms with Gasteiger partial charge in [0.05, 0.1) is 16.2 Å². The smallest absolute Gasteiger partial charge is 0.289 e. The highest BCUT2D eigenvalue weighted by Crippen LogP contribution is 2.29. The van der Waals surface area contributed by atoms with E-state index < -0.39 is 4.92 Å². The highest BCUT2D eigenvalue weighted by atomic mass is 35.5. The van der Waals surface area contributed by atoms with Gasteiger partial charge in [-0.15, -0.1) is 0 Å². The lowest BCUT2D eigenvalue weighted by Crippen LogP contribution is -2.00. The highest BCUT2D eigenvalue weighted by Gasteiger charge is 2.16. The maximum absolute atomic E-state index is 10.9. The number of nitrogens with zero attached hydrogens (tertiary/aromatic N) is 3. The van der Waals surface area contributed by atoms with Crippen LogP contribution in [0.25, 0.3) is 5.69 Å². The first-order chi connectivity index (χ1) is 8.95. The van der Waals surface area contributed by atoms with E-state index in [2.05, 4.69) is 6.07 Å². The van der Waals surface area contributed by atoms with Crippen LogP contribution in [0.2, 0.25) is 5.02 Å². The minimum atomic E-state index is -0.523. The van der Waals surface area contributed by atoms with E-state index in [4.69, 9.17) is 16.9 Å². The van der Waals surface area contributed by atoms with Gasteiger partial charge < -0.3 is 4.57 Å². The maximum Gasteiger partial charge on any atom is 0.289 e. The number of halogens is 1. The van der Waals surface area contributed by atoms with Gasteiger partial charge in [0.25, 0.3) is 5.69 Å². The highest BCUT2D eigenvalue weighted by molar-refractivity contribution is 6.32. The summed E-state index contributed by atoms with van der Waals surface area (Å²) in [6.07, 6.45) is 0. The van der Waals surface area contributed by atoms with Crippen molar-refractivity contribution in [2.45, 2.75) is 13.8 Å². The summed E-state index contributed by atoms with van der Waals surface area (Å²) in [6, 6.07) is 8.42. The molecule has 6 heteroatoms. The molecule has 0 N–H and O–H groups in total. The third-order valence-corrected chi connectivity index (χ3v) is 3.26. The van der Waals surface area contributed by atoms with Crippen molar-refractivity contribution in [1.29, 1.82) is 5.26 Å². The number of aryl methyl sites for hydroxylation is 1. The van der Waals surface area contributed by atoms with Crippen molar-refractivity contribution in [3.63, 3.8) is 0 Å². The molecule has 0 bridgehead atoms. The molecule has 5 nitrogen and oxygen atoms in total. The average molecular weight is 276 g/mol. The van der Waals surface area contributed by atoms with Crippen LogP contribution in [0.5, 0.6) is 0 Å². The zero-order valence-electron chi connectivity index (χ0n) is 10.3. The fourth-order valence-corrected chi connectivity index (χ4v) is 2.24. The zero-order chi connectivity index (χ0) is 14.2. The van der Waals surface area contributed by atoms with Gasteiger partial charge in [-0.25, -0.2) is 0 Å². The molecule has 0 unspecified atom stereocenters. The van der Waals surface area contributed by atoms with Gasteiger partial charge >= 0.3 is 0 Å². The van der Waals surface area contributed by atoms with Gasteiger partial charge in [0.15, 0.2) is 0 Å². The molecule has 96 valence electrons. The molecular formula is C13H10ClN3O2. The predicted octanol–water partition coefficient (Wildman–Crippen LogP) is 3.53. The summed E-state index contributed by atoms with van der Waals surface area (Å²) < 4.78 is 1.79. The Morgan fingerprint density at radius 1 is 1.37 bits per heavy atom. The number of hydrogen-bond donors (Lipinski definition) is 0. The van der Waals surface area contributed by atoms with Gasteiger partial charge in [-0.1, -0.05) is 11.6 Å². The van der Waals surface area contributed by atoms with E-state index in [9.17, 15) is 10.1 Å². The molecule has 2 aromatic rings. The molecule has 0 amide bonds. The Kier molecular flexibility index (Phi) is 3.28. The number of nitriles is 1. The topological polar surface area (TPSA) is 71.9 Å². The molecule has 0 fully saturated rings. The average Bonchev–Trinajstić information content (AvgIpc) is 2.65. The van der Waals surface area contributed by atoms with E-state index in [-0.39, 0.29) is 10.7 Å². The summed E-state index contributed by atoms with van der Waals surface area (Å²) in [5, 5.41) is 20.0. The van der Waals surface area contributed by atoms with Gasteiger partial charge in [-0.2, -0.15) is 5.26 Å². The first-order valence-corrected chi connectivity index (χ1v) is 5.87. The van der Waals surface area contributed by atoms with Gasteiger partial charge in [-0.05, 0) is 32.0 Å². The molecule has 0 saturated carbocycles. The van der Waals surface area contributed by atoms with Crippen molar-refractivity contribution in [3.05, 3.63) is 56.4 Å². The number of nitro benzene ring substituents is 1. The number of hydrogen-bond acceptors (Lipinski definition) is 3. The summed E-state index contributed by atoms with van der Waals surface area (Å²) in [4.78, 5) is 10.4. The first-order valence-electron chi connectivity index (χ1n) is 5.49. The van der Waals surface area contributed by atoms with Crippen molar-refractivity contribution < 1.29 is 4.92 Å². The molecule has 1 aromatic carbocycles. The lowest BCUT2D eigenvalue weighted by Gasteiger charge is -2.09. The molecule has 1 aromatic heterocycles. The van der Waals surface area contributed by atoms with Crippen LogP contribution in [0.3, 0.4) is 0 Å². The lowest BCUT2D eigenvalue weighted by molar-refractivity contribution is -0.384. The standard InChI is InChI=1S/C13H10ClN3O2/c1-8-5-10(7-15)9(2)16(8)11-3-4-12(14)13(6-11)17(18)19/h3-6H,1-2H3. The van der Waals surface area contributed by atoms with Gasteiger partial charge in [0, 0.05) is 17.5 Å². The molecule has 0 radical (unpaired) electrons.